The van der Waals surface area contributed by atoms with Gasteiger partial charge in [0, 0.05) is 49.9 Å². The number of nitrogens with zero attached hydrogens (tertiary/aromatic N) is 2. The summed E-state index contributed by atoms with van der Waals surface area (Å²) in [5.41, 5.74) is 0.690. The van der Waals surface area contributed by atoms with E-state index in [9.17, 15) is 4.39 Å². The second-order valence-electron chi connectivity index (χ2n) is 4.58. The molecule has 1 aliphatic rings. The van der Waals surface area contributed by atoms with Crippen molar-refractivity contribution in [3.05, 3.63) is 34.6 Å². The van der Waals surface area contributed by atoms with Gasteiger partial charge in [-0.3, -0.25) is 9.80 Å². The summed E-state index contributed by atoms with van der Waals surface area (Å²) in [5.74, 6) is -0.236. The maximum atomic E-state index is 13.6. The van der Waals surface area contributed by atoms with Crippen LogP contribution < -0.4 is 0 Å². The molecule has 0 spiro atoms. The first kappa shape index (κ1) is 13.7. The molecule has 0 bridgehead atoms. The molecule has 0 amide bonds. The Hall–Kier alpha value is -0.680. The average molecular weight is 273 g/mol. The van der Waals surface area contributed by atoms with Crippen molar-refractivity contribution in [2.24, 2.45) is 0 Å². The number of benzene rings is 1. The summed E-state index contributed by atoms with van der Waals surface area (Å²) in [7, 11) is 0. The molecule has 3 nitrogen and oxygen atoms in total. The Morgan fingerprint density at radius 1 is 1.17 bits per heavy atom. The van der Waals surface area contributed by atoms with Crippen molar-refractivity contribution in [3.63, 3.8) is 0 Å². The first-order valence-corrected chi connectivity index (χ1v) is 6.56. The monoisotopic (exact) mass is 272 g/mol. The van der Waals surface area contributed by atoms with Crippen LogP contribution in [-0.4, -0.2) is 54.2 Å². The summed E-state index contributed by atoms with van der Waals surface area (Å²) in [4.78, 5) is 4.44. The van der Waals surface area contributed by atoms with Gasteiger partial charge in [-0.25, -0.2) is 4.39 Å². The Morgan fingerprint density at radius 3 is 2.44 bits per heavy atom. The fourth-order valence-corrected chi connectivity index (χ4v) is 2.36. The first-order valence-electron chi connectivity index (χ1n) is 6.18. The highest BCUT2D eigenvalue weighted by Crippen LogP contribution is 2.17. The van der Waals surface area contributed by atoms with E-state index in [0.717, 1.165) is 32.7 Å². The van der Waals surface area contributed by atoms with Crippen LogP contribution in [0.15, 0.2) is 18.2 Å². The minimum Gasteiger partial charge on any atom is -0.395 e. The van der Waals surface area contributed by atoms with E-state index in [4.69, 9.17) is 16.7 Å². The number of piperazine rings is 1. The van der Waals surface area contributed by atoms with Crippen LogP contribution in [0.3, 0.4) is 0 Å². The van der Waals surface area contributed by atoms with Gasteiger partial charge in [0.15, 0.2) is 0 Å². The van der Waals surface area contributed by atoms with Gasteiger partial charge < -0.3 is 5.11 Å². The number of halogens is 2. The molecule has 1 saturated heterocycles. The Balaban J connectivity index is 1.87. The molecule has 2 rings (SSSR count). The lowest BCUT2D eigenvalue weighted by Gasteiger charge is -2.34. The topological polar surface area (TPSA) is 26.7 Å². The van der Waals surface area contributed by atoms with Crippen LogP contribution in [0.2, 0.25) is 5.02 Å². The van der Waals surface area contributed by atoms with Crippen molar-refractivity contribution < 1.29 is 9.50 Å². The summed E-state index contributed by atoms with van der Waals surface area (Å²) < 4.78 is 13.6. The van der Waals surface area contributed by atoms with Gasteiger partial charge in [0.05, 0.1) is 6.61 Å². The molecule has 0 aliphatic carbocycles. The second kappa shape index (κ2) is 6.48. The second-order valence-corrected chi connectivity index (χ2v) is 5.01. The number of β-amino-alcohol motifs (C(OH)–C–C–N with tert-alkyl or cyclic N) is 1. The standard InChI is InChI=1S/C13H18ClFN2O/c14-12-2-1-11(13(15)9-12)10-17-5-3-16(4-6-17)7-8-18/h1-2,9,18H,3-8,10H2. The van der Waals surface area contributed by atoms with E-state index < -0.39 is 0 Å². The smallest absolute Gasteiger partial charge is 0.129 e. The zero-order valence-electron chi connectivity index (χ0n) is 10.3. The van der Waals surface area contributed by atoms with Crippen LogP contribution in [0.25, 0.3) is 0 Å². The molecule has 18 heavy (non-hydrogen) atoms. The molecule has 0 aromatic heterocycles. The van der Waals surface area contributed by atoms with Crippen LogP contribution >= 0.6 is 11.6 Å². The predicted octanol–water partition coefficient (Wildman–Crippen LogP) is 1.59. The number of aliphatic hydroxyl groups is 1. The lowest BCUT2D eigenvalue weighted by atomic mass is 10.2. The van der Waals surface area contributed by atoms with E-state index in [1.165, 1.54) is 6.07 Å². The largest absolute Gasteiger partial charge is 0.395 e. The summed E-state index contributed by atoms with van der Waals surface area (Å²) in [6.07, 6.45) is 0. The van der Waals surface area contributed by atoms with Gasteiger partial charge in [-0.2, -0.15) is 0 Å². The molecule has 1 heterocycles. The Bertz CT molecular complexity index is 395. The van der Waals surface area contributed by atoms with E-state index >= 15 is 0 Å². The molecule has 0 saturated carbocycles. The fraction of sp³-hybridized carbons (Fsp3) is 0.538. The van der Waals surface area contributed by atoms with Crippen molar-refractivity contribution in [1.29, 1.82) is 0 Å². The van der Waals surface area contributed by atoms with Crippen LogP contribution in [-0.2, 0) is 6.54 Å². The third-order valence-electron chi connectivity index (χ3n) is 3.29. The molecule has 1 fully saturated rings. The van der Waals surface area contributed by atoms with E-state index in [1.807, 2.05) is 0 Å². The maximum absolute atomic E-state index is 13.6. The van der Waals surface area contributed by atoms with Crippen molar-refractivity contribution in [3.8, 4) is 0 Å². The highest BCUT2D eigenvalue weighted by atomic mass is 35.5. The lowest BCUT2D eigenvalue weighted by Crippen LogP contribution is -2.46. The summed E-state index contributed by atoms with van der Waals surface area (Å²) in [6, 6.07) is 4.83. The third kappa shape index (κ3) is 3.65. The van der Waals surface area contributed by atoms with E-state index in [1.54, 1.807) is 12.1 Å². The van der Waals surface area contributed by atoms with E-state index in [0.29, 0.717) is 17.1 Å². The van der Waals surface area contributed by atoms with Gasteiger partial charge in [-0.15, -0.1) is 0 Å². The van der Waals surface area contributed by atoms with Crippen molar-refractivity contribution in [1.82, 2.24) is 9.80 Å². The van der Waals surface area contributed by atoms with Gasteiger partial charge in [0.25, 0.3) is 0 Å². The quantitative estimate of drug-likeness (QED) is 0.902. The van der Waals surface area contributed by atoms with Gasteiger partial charge in [-0.05, 0) is 12.1 Å². The minimum atomic E-state index is -0.236. The summed E-state index contributed by atoms with van der Waals surface area (Å²) >= 11 is 5.73. The molecule has 0 radical (unpaired) electrons. The number of hydrogen-bond acceptors (Lipinski definition) is 3. The number of hydrogen-bond donors (Lipinski definition) is 1. The van der Waals surface area contributed by atoms with Gasteiger partial charge >= 0.3 is 0 Å². The highest BCUT2D eigenvalue weighted by molar-refractivity contribution is 6.30. The van der Waals surface area contributed by atoms with Crippen LogP contribution in [0.5, 0.6) is 0 Å². The number of rotatable bonds is 4. The van der Waals surface area contributed by atoms with Crippen molar-refractivity contribution in [2.75, 3.05) is 39.3 Å². The Labute approximate surface area is 112 Å². The van der Waals surface area contributed by atoms with Gasteiger partial charge in [0.2, 0.25) is 0 Å². The van der Waals surface area contributed by atoms with Crippen LogP contribution in [0.4, 0.5) is 4.39 Å². The normalized spacial score (nSPS) is 18.2. The Kier molecular flexibility index (Phi) is 4.95. The highest BCUT2D eigenvalue weighted by Gasteiger charge is 2.17. The predicted molar refractivity (Wildman–Crippen MR) is 70.2 cm³/mol. The van der Waals surface area contributed by atoms with Crippen LogP contribution in [0.1, 0.15) is 5.56 Å². The molecule has 100 valence electrons. The molecular formula is C13H18ClFN2O. The molecule has 1 aliphatic heterocycles. The molecule has 1 aromatic rings. The molecule has 1 aromatic carbocycles. The maximum Gasteiger partial charge on any atom is 0.129 e. The molecular weight excluding hydrogens is 255 g/mol. The van der Waals surface area contributed by atoms with Crippen LogP contribution in [0, 0.1) is 5.82 Å². The molecule has 5 heteroatoms. The van der Waals surface area contributed by atoms with Gasteiger partial charge in [0.1, 0.15) is 5.82 Å². The Morgan fingerprint density at radius 2 is 1.83 bits per heavy atom. The first-order chi connectivity index (χ1) is 8.69. The minimum absolute atomic E-state index is 0.200. The fourth-order valence-electron chi connectivity index (χ4n) is 2.20. The lowest BCUT2D eigenvalue weighted by molar-refractivity contribution is 0.108. The average Bonchev–Trinajstić information content (AvgIpc) is 2.35. The molecule has 0 unspecified atom stereocenters. The van der Waals surface area contributed by atoms with Crippen molar-refractivity contribution >= 4 is 11.6 Å². The summed E-state index contributed by atoms with van der Waals surface area (Å²) in [6.45, 7) is 5.21. The van der Waals surface area contributed by atoms with E-state index in [2.05, 4.69) is 9.80 Å². The number of aliphatic hydroxyl groups excluding tert-OH is 1. The third-order valence-corrected chi connectivity index (χ3v) is 3.53. The SMILES string of the molecule is OCCN1CCN(Cc2ccc(Cl)cc2F)CC1. The zero-order valence-corrected chi connectivity index (χ0v) is 11.0. The van der Waals surface area contributed by atoms with Gasteiger partial charge in [-0.1, -0.05) is 17.7 Å². The molecule has 0 atom stereocenters. The van der Waals surface area contributed by atoms with Crippen molar-refractivity contribution in [2.45, 2.75) is 6.54 Å². The van der Waals surface area contributed by atoms with E-state index in [-0.39, 0.29) is 12.4 Å². The summed E-state index contributed by atoms with van der Waals surface area (Å²) in [5, 5.41) is 9.30. The molecule has 1 N–H and O–H groups in total. The zero-order chi connectivity index (χ0) is 13.0.